The van der Waals surface area contributed by atoms with Crippen LogP contribution in [0.15, 0.2) is 41.6 Å². The van der Waals surface area contributed by atoms with Crippen LogP contribution in [0.1, 0.15) is 21.1 Å². The molecule has 3 aromatic rings. The van der Waals surface area contributed by atoms with Gasteiger partial charge in [0.25, 0.3) is 0 Å². The minimum absolute atomic E-state index is 0.771. The number of aryl methyl sites for hydroxylation is 1. The second-order valence-corrected chi connectivity index (χ2v) is 8.74. The number of thiophene rings is 1. The van der Waals surface area contributed by atoms with Gasteiger partial charge in [-0.1, -0.05) is 41.6 Å². The van der Waals surface area contributed by atoms with Crippen LogP contribution in [-0.4, -0.2) is 26.7 Å². The van der Waals surface area contributed by atoms with Crippen LogP contribution >= 0.6 is 34.7 Å². The molecule has 0 bridgehead atoms. The summed E-state index contributed by atoms with van der Waals surface area (Å²) in [6.45, 7) is 3.83. The van der Waals surface area contributed by atoms with E-state index in [4.69, 9.17) is 11.6 Å². The van der Waals surface area contributed by atoms with Crippen LogP contribution in [0.25, 0.3) is 0 Å². The van der Waals surface area contributed by atoms with Crippen LogP contribution in [0.2, 0.25) is 5.02 Å². The zero-order chi connectivity index (χ0) is 17.8. The van der Waals surface area contributed by atoms with Crippen molar-refractivity contribution in [2.24, 2.45) is 7.05 Å². The number of benzene rings is 1. The van der Waals surface area contributed by atoms with Gasteiger partial charge in [0.15, 0.2) is 5.16 Å². The third kappa shape index (κ3) is 4.85. The Kier molecular flexibility index (Phi) is 6.17. The summed E-state index contributed by atoms with van der Waals surface area (Å²) in [6.07, 6.45) is 0. The average Bonchev–Trinajstić information content (AvgIpc) is 3.13. The highest BCUT2D eigenvalue weighted by Crippen LogP contribution is 2.25. The quantitative estimate of drug-likeness (QED) is 0.543. The molecule has 0 saturated heterocycles. The molecule has 7 heteroatoms. The summed E-state index contributed by atoms with van der Waals surface area (Å²) in [4.78, 5) is 4.98. The van der Waals surface area contributed by atoms with E-state index < -0.39 is 0 Å². The molecule has 0 N–H and O–H groups in total. The van der Waals surface area contributed by atoms with Gasteiger partial charge >= 0.3 is 0 Å². The van der Waals surface area contributed by atoms with Gasteiger partial charge in [-0.05, 0) is 37.7 Å². The Morgan fingerprint density at radius 1 is 1.16 bits per heavy atom. The van der Waals surface area contributed by atoms with E-state index in [1.54, 1.807) is 11.8 Å². The Morgan fingerprint density at radius 3 is 2.68 bits per heavy atom. The van der Waals surface area contributed by atoms with Crippen LogP contribution in [0.4, 0.5) is 0 Å². The molecule has 0 aliphatic carbocycles. The van der Waals surface area contributed by atoms with E-state index in [9.17, 15) is 0 Å². The highest BCUT2D eigenvalue weighted by atomic mass is 35.5. The average molecular weight is 393 g/mol. The van der Waals surface area contributed by atoms with Crippen molar-refractivity contribution in [1.29, 1.82) is 0 Å². The second kappa shape index (κ2) is 8.36. The van der Waals surface area contributed by atoms with Crippen molar-refractivity contribution >= 4 is 34.7 Å². The molecule has 0 aliphatic heterocycles. The number of thioether (sulfide) groups is 1. The molecule has 3 rings (SSSR count). The lowest BCUT2D eigenvalue weighted by Gasteiger charge is -2.15. The lowest BCUT2D eigenvalue weighted by molar-refractivity contribution is 0.308. The van der Waals surface area contributed by atoms with Gasteiger partial charge in [0.1, 0.15) is 5.82 Å². The fraction of sp³-hybridized carbons (Fsp3) is 0.333. The zero-order valence-corrected chi connectivity index (χ0v) is 17.0. The Balaban J connectivity index is 1.59. The van der Waals surface area contributed by atoms with Crippen molar-refractivity contribution in [3.8, 4) is 0 Å². The summed E-state index contributed by atoms with van der Waals surface area (Å²) in [6, 6.07) is 12.3. The largest absolute Gasteiger partial charge is 0.308 e. The molecule has 25 heavy (non-hydrogen) atoms. The number of nitrogens with zero attached hydrogens (tertiary/aromatic N) is 4. The molecule has 0 saturated carbocycles. The van der Waals surface area contributed by atoms with E-state index in [0.29, 0.717) is 0 Å². The summed E-state index contributed by atoms with van der Waals surface area (Å²) in [5.74, 6) is 1.76. The molecule has 0 aliphatic rings. The van der Waals surface area contributed by atoms with Crippen LogP contribution in [0.5, 0.6) is 0 Å². The van der Waals surface area contributed by atoms with E-state index in [-0.39, 0.29) is 0 Å². The second-order valence-electron chi connectivity index (χ2n) is 6.02. The molecule has 1 aromatic carbocycles. The maximum atomic E-state index is 6.22. The van der Waals surface area contributed by atoms with Crippen molar-refractivity contribution < 1.29 is 0 Å². The Morgan fingerprint density at radius 2 is 1.96 bits per heavy atom. The van der Waals surface area contributed by atoms with Gasteiger partial charge in [-0.15, -0.1) is 21.5 Å². The maximum absolute atomic E-state index is 6.22. The summed E-state index contributed by atoms with van der Waals surface area (Å²) >= 11 is 9.72. The smallest absolute Gasteiger partial charge is 0.191 e. The minimum Gasteiger partial charge on any atom is -0.308 e. The molecule has 0 atom stereocenters. The summed E-state index contributed by atoms with van der Waals surface area (Å²) in [7, 11) is 4.13. The Bertz CT molecular complexity index is 843. The predicted octanol–water partition coefficient (Wildman–Crippen LogP) is 4.76. The summed E-state index contributed by atoms with van der Waals surface area (Å²) < 4.78 is 2.07. The number of hydrogen-bond donors (Lipinski definition) is 0. The molecule has 4 nitrogen and oxygen atoms in total. The Labute approximate surface area is 161 Å². The molecule has 132 valence electrons. The van der Waals surface area contributed by atoms with Crippen molar-refractivity contribution in [3.63, 3.8) is 0 Å². The third-order valence-corrected chi connectivity index (χ3v) is 6.30. The number of halogens is 1. The van der Waals surface area contributed by atoms with Crippen molar-refractivity contribution in [2.75, 3.05) is 7.05 Å². The molecule has 2 heterocycles. The zero-order valence-electron chi connectivity index (χ0n) is 14.6. The maximum Gasteiger partial charge on any atom is 0.191 e. The Hall–Kier alpha value is -1.34. The first-order valence-corrected chi connectivity index (χ1v) is 10.2. The monoisotopic (exact) mass is 392 g/mol. The van der Waals surface area contributed by atoms with Gasteiger partial charge < -0.3 is 4.57 Å². The van der Waals surface area contributed by atoms with Gasteiger partial charge in [0.2, 0.25) is 0 Å². The van der Waals surface area contributed by atoms with Crippen LogP contribution in [0.3, 0.4) is 0 Å². The summed E-state index contributed by atoms with van der Waals surface area (Å²) in [5, 5.41) is 10.4. The molecule has 0 unspecified atom stereocenters. The van der Waals surface area contributed by atoms with Gasteiger partial charge in [-0.3, -0.25) is 4.90 Å². The molecular weight excluding hydrogens is 372 g/mol. The first-order chi connectivity index (χ1) is 12.0. The number of aromatic nitrogens is 3. The lowest BCUT2D eigenvalue weighted by Crippen LogP contribution is -2.19. The normalized spacial score (nSPS) is 11.4. The van der Waals surface area contributed by atoms with E-state index >= 15 is 0 Å². The highest BCUT2D eigenvalue weighted by molar-refractivity contribution is 7.98. The summed E-state index contributed by atoms with van der Waals surface area (Å²) in [5.41, 5.74) is 1.11. The van der Waals surface area contributed by atoms with E-state index in [1.807, 2.05) is 42.6 Å². The van der Waals surface area contributed by atoms with Gasteiger partial charge in [0.05, 0.1) is 6.54 Å². The third-order valence-electron chi connectivity index (χ3n) is 3.87. The first kappa shape index (κ1) is 18.5. The number of hydrogen-bond acceptors (Lipinski definition) is 5. The SMILES string of the molecule is Cc1ccc(CN(C)Cc2nnc(SCc3ccccc3Cl)n2C)s1. The molecule has 0 fully saturated rings. The fourth-order valence-electron chi connectivity index (χ4n) is 2.50. The topological polar surface area (TPSA) is 34.0 Å². The van der Waals surface area contributed by atoms with E-state index in [2.05, 4.69) is 45.8 Å². The highest BCUT2D eigenvalue weighted by Gasteiger charge is 2.13. The van der Waals surface area contributed by atoms with Crippen LogP contribution < -0.4 is 0 Å². The van der Waals surface area contributed by atoms with Crippen molar-refractivity contribution in [1.82, 2.24) is 19.7 Å². The fourth-order valence-corrected chi connectivity index (χ4v) is 4.69. The van der Waals surface area contributed by atoms with Gasteiger partial charge in [-0.25, -0.2) is 0 Å². The van der Waals surface area contributed by atoms with Crippen molar-refractivity contribution in [2.45, 2.75) is 30.9 Å². The van der Waals surface area contributed by atoms with Crippen molar-refractivity contribution in [3.05, 3.63) is 62.6 Å². The first-order valence-electron chi connectivity index (χ1n) is 8.01. The van der Waals surface area contributed by atoms with E-state index in [0.717, 1.165) is 40.4 Å². The van der Waals surface area contributed by atoms with E-state index in [1.165, 1.54) is 9.75 Å². The molecular formula is C18H21ClN4S2. The lowest BCUT2D eigenvalue weighted by atomic mass is 10.2. The minimum atomic E-state index is 0.771. The van der Waals surface area contributed by atoms with Crippen LogP contribution in [0, 0.1) is 6.92 Å². The molecule has 0 amide bonds. The van der Waals surface area contributed by atoms with Gasteiger partial charge in [-0.2, -0.15) is 0 Å². The van der Waals surface area contributed by atoms with Gasteiger partial charge in [0, 0.05) is 34.1 Å². The predicted molar refractivity (Wildman–Crippen MR) is 106 cm³/mol. The molecule has 2 aromatic heterocycles. The number of rotatable bonds is 7. The molecule has 0 spiro atoms. The van der Waals surface area contributed by atoms with Crippen LogP contribution in [-0.2, 0) is 25.9 Å². The standard InChI is InChI=1S/C18H21ClN4S2/c1-13-8-9-15(25-13)10-22(2)11-17-20-21-18(23(17)3)24-12-14-6-4-5-7-16(14)19/h4-9H,10-12H2,1-3H3. The molecule has 0 radical (unpaired) electrons.